The molecule has 0 aromatic heterocycles. The SMILES string of the molecule is Cc1ccc2c3c1O[C@H]1[C@@H](OC(=O)Oc4ccc([N+](=O)[O-])cc4)C=C[C@H]4[C@H]5[C@@H](C2C[C@@]341)N5C. The van der Waals surface area contributed by atoms with Crippen LogP contribution in [0.25, 0.3) is 0 Å². The first-order valence-corrected chi connectivity index (χ1v) is 11.2. The zero-order valence-corrected chi connectivity index (χ0v) is 18.1. The van der Waals surface area contributed by atoms with Gasteiger partial charge >= 0.3 is 6.16 Å². The Morgan fingerprint density at radius 2 is 1.97 bits per heavy atom. The number of hydrogen-bond acceptors (Lipinski definition) is 7. The van der Waals surface area contributed by atoms with Crippen LogP contribution >= 0.6 is 0 Å². The minimum Gasteiger partial charge on any atom is -0.485 e. The quantitative estimate of drug-likeness (QED) is 0.177. The molecule has 2 bridgehead atoms. The summed E-state index contributed by atoms with van der Waals surface area (Å²) < 4.78 is 17.6. The molecule has 2 aliphatic heterocycles. The average Bonchev–Trinajstić information content (AvgIpc) is 3.20. The van der Waals surface area contributed by atoms with Gasteiger partial charge in [-0.15, -0.1) is 0 Å². The Morgan fingerprint density at radius 3 is 2.73 bits per heavy atom. The zero-order chi connectivity index (χ0) is 22.6. The van der Waals surface area contributed by atoms with Crippen LogP contribution in [-0.4, -0.2) is 47.3 Å². The van der Waals surface area contributed by atoms with Gasteiger partial charge in [-0.2, -0.15) is 0 Å². The molecule has 3 aliphatic carbocycles. The summed E-state index contributed by atoms with van der Waals surface area (Å²) >= 11 is 0. The number of rotatable bonds is 3. The molecule has 1 saturated heterocycles. The van der Waals surface area contributed by atoms with Gasteiger partial charge in [0.05, 0.1) is 4.92 Å². The summed E-state index contributed by atoms with van der Waals surface area (Å²) in [7, 11) is 2.20. The minimum absolute atomic E-state index is 0.0733. The maximum absolute atomic E-state index is 12.6. The third-order valence-electron chi connectivity index (χ3n) is 8.43. The van der Waals surface area contributed by atoms with Crippen molar-refractivity contribution in [1.82, 2.24) is 4.90 Å². The van der Waals surface area contributed by atoms with Gasteiger partial charge in [-0.05, 0) is 49.7 Å². The number of aryl methyl sites for hydroxylation is 1. The Morgan fingerprint density at radius 1 is 1.18 bits per heavy atom. The van der Waals surface area contributed by atoms with Crippen LogP contribution in [0.5, 0.6) is 11.5 Å². The van der Waals surface area contributed by atoms with Gasteiger partial charge in [0.15, 0.2) is 6.10 Å². The van der Waals surface area contributed by atoms with Gasteiger partial charge in [-0.1, -0.05) is 18.2 Å². The van der Waals surface area contributed by atoms with Crippen LogP contribution in [0, 0.1) is 23.0 Å². The van der Waals surface area contributed by atoms with Crippen LogP contribution in [0.4, 0.5) is 10.5 Å². The van der Waals surface area contributed by atoms with E-state index >= 15 is 0 Å². The number of non-ortho nitro benzene ring substituents is 1. The zero-order valence-electron chi connectivity index (χ0n) is 18.1. The van der Waals surface area contributed by atoms with E-state index < -0.39 is 17.2 Å². The lowest BCUT2D eigenvalue weighted by molar-refractivity contribution is -0.384. The van der Waals surface area contributed by atoms with Crippen molar-refractivity contribution in [2.75, 3.05) is 7.05 Å². The van der Waals surface area contributed by atoms with Crippen LogP contribution in [0.1, 0.15) is 29.0 Å². The molecule has 2 aromatic rings. The number of likely N-dealkylation sites (tertiary alicyclic amines) is 1. The summed E-state index contributed by atoms with van der Waals surface area (Å²) in [5.41, 5.74) is 3.56. The van der Waals surface area contributed by atoms with E-state index in [1.165, 1.54) is 35.4 Å². The summed E-state index contributed by atoms with van der Waals surface area (Å²) in [4.78, 5) is 25.4. The normalized spacial score (nSPS) is 37.6. The highest BCUT2D eigenvalue weighted by Gasteiger charge is 2.74. The van der Waals surface area contributed by atoms with E-state index in [2.05, 4.69) is 37.1 Å². The van der Waals surface area contributed by atoms with E-state index in [1.54, 1.807) is 0 Å². The molecule has 0 radical (unpaired) electrons. The van der Waals surface area contributed by atoms with Crippen LogP contribution in [0.2, 0.25) is 0 Å². The number of nitro groups is 1. The standard InChI is InChI=1S/C25H22N2O6/c1-12-3-8-15-16-11-25-17(21-20(16)26(21)2)9-10-18(23(25)33-22(12)19(15)25)32-24(28)31-14-6-4-13(5-7-14)27(29)30/h3-10,16-18,20-21,23H,11H2,1-2H3/t16?,17-,18-,20+,21-,23-,25-,26?/m0/s1. The number of fused-ring (bicyclic) bond motifs is 3. The third kappa shape index (κ3) is 2.31. The van der Waals surface area contributed by atoms with Crippen LogP contribution in [-0.2, 0) is 10.2 Å². The molecular formula is C25H22N2O6. The van der Waals surface area contributed by atoms with Crippen molar-refractivity contribution < 1.29 is 23.9 Å². The maximum atomic E-state index is 12.6. The summed E-state index contributed by atoms with van der Waals surface area (Å²) in [6, 6.07) is 10.8. The molecular weight excluding hydrogens is 424 g/mol. The fourth-order valence-corrected chi connectivity index (χ4v) is 7.13. The highest BCUT2D eigenvalue weighted by Crippen LogP contribution is 2.71. The van der Waals surface area contributed by atoms with Gasteiger partial charge in [0.1, 0.15) is 17.6 Å². The highest BCUT2D eigenvalue weighted by molar-refractivity contribution is 5.67. The van der Waals surface area contributed by atoms with Crippen molar-refractivity contribution in [3.8, 4) is 11.5 Å². The molecule has 0 saturated carbocycles. The monoisotopic (exact) mass is 446 g/mol. The lowest BCUT2D eigenvalue weighted by Gasteiger charge is -2.45. The molecule has 8 heteroatoms. The molecule has 0 amide bonds. The van der Waals surface area contributed by atoms with E-state index in [1.807, 2.05) is 6.08 Å². The highest BCUT2D eigenvalue weighted by atomic mass is 16.7. The topological polar surface area (TPSA) is 90.9 Å². The average molecular weight is 446 g/mol. The van der Waals surface area contributed by atoms with Crippen LogP contribution < -0.4 is 9.47 Å². The second-order valence-electron chi connectivity index (χ2n) is 9.81. The first-order chi connectivity index (χ1) is 15.9. The fourth-order valence-electron chi connectivity index (χ4n) is 7.13. The predicted octanol–water partition coefficient (Wildman–Crippen LogP) is 3.86. The van der Waals surface area contributed by atoms with Gasteiger partial charge in [0, 0.05) is 47.0 Å². The largest absolute Gasteiger partial charge is 0.514 e. The molecule has 33 heavy (non-hydrogen) atoms. The van der Waals surface area contributed by atoms with Crippen molar-refractivity contribution in [1.29, 1.82) is 0 Å². The van der Waals surface area contributed by atoms with Crippen LogP contribution in [0.15, 0.2) is 48.6 Å². The van der Waals surface area contributed by atoms with Crippen LogP contribution in [0.3, 0.4) is 0 Å². The molecule has 5 aliphatic rings. The van der Waals surface area contributed by atoms with Crippen molar-refractivity contribution in [2.24, 2.45) is 5.92 Å². The Hall–Kier alpha value is -3.39. The molecule has 7 rings (SSSR count). The molecule has 0 N–H and O–H groups in total. The Labute approximate surface area is 189 Å². The van der Waals surface area contributed by atoms with Gasteiger partial charge in [-0.3, -0.25) is 15.0 Å². The minimum atomic E-state index is -0.850. The van der Waals surface area contributed by atoms with Gasteiger partial charge in [0.25, 0.3) is 5.69 Å². The summed E-state index contributed by atoms with van der Waals surface area (Å²) in [6.07, 6.45) is 3.43. The molecule has 1 spiro atoms. The smallest absolute Gasteiger partial charge is 0.485 e. The lowest BCUT2D eigenvalue weighted by Crippen LogP contribution is -2.55. The van der Waals surface area contributed by atoms with E-state index in [0.717, 1.165) is 17.7 Å². The molecule has 8 atom stereocenters. The second-order valence-corrected chi connectivity index (χ2v) is 9.81. The van der Waals surface area contributed by atoms with Crippen molar-refractivity contribution in [2.45, 2.75) is 49.0 Å². The van der Waals surface area contributed by atoms with Crippen molar-refractivity contribution in [3.05, 3.63) is 75.4 Å². The molecule has 2 unspecified atom stereocenters. The maximum Gasteiger partial charge on any atom is 0.514 e. The molecule has 2 heterocycles. The second kappa shape index (κ2) is 6.14. The number of hydrogen-bond donors (Lipinski definition) is 0. The summed E-state index contributed by atoms with van der Waals surface area (Å²) in [5.74, 6) is 1.95. The van der Waals surface area contributed by atoms with Crippen molar-refractivity contribution in [3.63, 3.8) is 0 Å². The lowest BCUT2D eigenvalue weighted by atomic mass is 9.59. The third-order valence-corrected chi connectivity index (χ3v) is 8.43. The first-order valence-electron chi connectivity index (χ1n) is 11.2. The number of carbonyl (C=O) groups is 1. The Kier molecular flexibility index (Phi) is 3.55. The summed E-state index contributed by atoms with van der Waals surface area (Å²) in [6.45, 7) is 2.07. The van der Waals surface area contributed by atoms with Gasteiger partial charge in [-0.25, -0.2) is 4.79 Å². The Balaban J connectivity index is 1.20. The number of carbonyl (C=O) groups excluding carboxylic acids is 1. The number of benzene rings is 2. The number of ether oxygens (including phenoxy) is 3. The molecule has 2 aromatic carbocycles. The van der Waals surface area contributed by atoms with Crippen molar-refractivity contribution >= 4 is 11.8 Å². The first kappa shape index (κ1) is 19.1. The van der Waals surface area contributed by atoms with E-state index in [9.17, 15) is 14.9 Å². The van der Waals surface area contributed by atoms with Gasteiger partial charge in [0.2, 0.25) is 0 Å². The van der Waals surface area contributed by atoms with Gasteiger partial charge < -0.3 is 14.2 Å². The molecule has 1 fully saturated rings. The number of likely N-dealkylation sites (N-methyl/N-ethyl adjacent to an activating group) is 1. The number of nitrogens with zero attached hydrogens (tertiary/aromatic N) is 2. The van der Waals surface area contributed by atoms with E-state index in [0.29, 0.717) is 23.9 Å². The van der Waals surface area contributed by atoms with E-state index in [4.69, 9.17) is 14.2 Å². The summed E-state index contributed by atoms with van der Waals surface area (Å²) in [5, 5.41) is 10.8. The number of nitro benzene ring substituents is 1. The molecule has 168 valence electrons. The predicted molar refractivity (Wildman–Crippen MR) is 117 cm³/mol. The Bertz CT molecular complexity index is 1260. The fraction of sp³-hybridized carbons (Fsp3) is 0.400. The van der Waals surface area contributed by atoms with E-state index in [-0.39, 0.29) is 23.0 Å². The molecule has 8 nitrogen and oxygen atoms in total.